The van der Waals surface area contributed by atoms with Crippen LogP contribution in [0.1, 0.15) is 26.5 Å². The minimum atomic E-state index is -1.40. The van der Waals surface area contributed by atoms with Crippen molar-refractivity contribution in [1.29, 1.82) is 0 Å². The molecular weight excluding hydrogens is 178 g/mol. The maximum absolute atomic E-state index is 4.52. The lowest BCUT2D eigenvalue weighted by Gasteiger charge is -2.16. The summed E-state index contributed by atoms with van der Waals surface area (Å²) in [6.45, 7) is 13.2. The first-order valence-corrected chi connectivity index (χ1v) is 8.09. The second kappa shape index (κ2) is 2.94. The van der Waals surface area contributed by atoms with E-state index in [1.54, 1.807) is 0 Å². The zero-order valence-corrected chi connectivity index (χ0v) is 10.4. The molecule has 0 radical (unpaired) electrons. The van der Waals surface area contributed by atoms with Crippen LogP contribution >= 0.6 is 0 Å². The van der Waals surface area contributed by atoms with E-state index in [0.29, 0.717) is 0 Å². The summed E-state index contributed by atoms with van der Waals surface area (Å²) in [4.78, 5) is 0. The molecule has 0 unspecified atom stereocenters. The van der Waals surface area contributed by atoms with Crippen LogP contribution in [0.2, 0.25) is 19.6 Å². The van der Waals surface area contributed by atoms with Gasteiger partial charge in [-0.1, -0.05) is 20.8 Å². The Kier molecular flexibility index (Phi) is 2.36. The summed E-state index contributed by atoms with van der Waals surface area (Å²) in [6, 6.07) is 0. The molecule has 0 amide bonds. The van der Waals surface area contributed by atoms with E-state index in [4.69, 9.17) is 0 Å². The van der Waals surface area contributed by atoms with Gasteiger partial charge in [0.15, 0.2) is 0 Å². The molecule has 1 aromatic rings. The molecule has 1 aromatic heterocycles. The third kappa shape index (κ3) is 2.40. The number of hydrogen-bond donors (Lipinski definition) is 0. The molecule has 0 saturated carbocycles. The average molecular weight is 197 g/mol. The van der Waals surface area contributed by atoms with Gasteiger partial charge in [0.05, 0.1) is 11.9 Å². The van der Waals surface area contributed by atoms with E-state index >= 15 is 0 Å². The summed E-state index contributed by atoms with van der Waals surface area (Å²) in [5, 5.41) is 8.84. The molecule has 0 aromatic carbocycles. The Morgan fingerprint density at radius 2 is 1.77 bits per heavy atom. The minimum Gasteiger partial charge on any atom is -0.221 e. The first-order valence-electron chi connectivity index (χ1n) is 4.64. The van der Waals surface area contributed by atoms with Crippen LogP contribution in [0.15, 0.2) is 6.20 Å². The van der Waals surface area contributed by atoms with Crippen LogP contribution in [0.25, 0.3) is 0 Å². The molecule has 0 fully saturated rings. The Bertz CT molecular complexity index is 262. The quantitative estimate of drug-likeness (QED) is 0.647. The van der Waals surface area contributed by atoms with Gasteiger partial charge in [-0.25, -0.2) is 4.46 Å². The zero-order chi connectivity index (χ0) is 10.3. The molecular formula is C9H19N3Si. The van der Waals surface area contributed by atoms with Crippen molar-refractivity contribution in [2.24, 2.45) is 0 Å². The molecule has 0 spiro atoms. The van der Waals surface area contributed by atoms with Gasteiger partial charge in [-0.3, -0.25) is 0 Å². The van der Waals surface area contributed by atoms with Crippen molar-refractivity contribution in [2.45, 2.75) is 45.8 Å². The summed E-state index contributed by atoms with van der Waals surface area (Å²) >= 11 is 0. The largest absolute Gasteiger partial charge is 0.221 e. The van der Waals surface area contributed by atoms with E-state index in [0.717, 1.165) is 5.69 Å². The van der Waals surface area contributed by atoms with Crippen molar-refractivity contribution in [3.63, 3.8) is 0 Å². The van der Waals surface area contributed by atoms with E-state index in [-0.39, 0.29) is 5.41 Å². The van der Waals surface area contributed by atoms with Crippen molar-refractivity contribution in [1.82, 2.24) is 14.7 Å². The summed E-state index contributed by atoms with van der Waals surface area (Å²) < 4.78 is 1.91. The Hall–Kier alpha value is -0.643. The monoisotopic (exact) mass is 197 g/mol. The smallest absolute Gasteiger partial charge is 0.202 e. The summed E-state index contributed by atoms with van der Waals surface area (Å²) in [6.07, 6.45) is 1.89. The molecule has 0 aliphatic rings. The fourth-order valence-electron chi connectivity index (χ4n) is 0.930. The molecule has 1 heterocycles. The second-order valence-electron chi connectivity index (χ2n) is 5.44. The Morgan fingerprint density at radius 3 is 2.00 bits per heavy atom. The Morgan fingerprint density at radius 1 is 1.23 bits per heavy atom. The van der Waals surface area contributed by atoms with Gasteiger partial charge in [0.2, 0.25) is 8.24 Å². The van der Waals surface area contributed by atoms with Crippen molar-refractivity contribution in [3.8, 4) is 0 Å². The van der Waals surface area contributed by atoms with Crippen LogP contribution in [0, 0.1) is 0 Å². The molecule has 3 nitrogen and oxygen atoms in total. The predicted molar refractivity (Wildman–Crippen MR) is 57.5 cm³/mol. The van der Waals surface area contributed by atoms with Crippen molar-refractivity contribution < 1.29 is 0 Å². The fraction of sp³-hybridized carbons (Fsp3) is 0.778. The molecule has 74 valence electrons. The van der Waals surface area contributed by atoms with Crippen molar-refractivity contribution in [3.05, 3.63) is 11.9 Å². The summed E-state index contributed by atoms with van der Waals surface area (Å²) in [7, 11) is -1.40. The van der Waals surface area contributed by atoms with Crippen LogP contribution in [-0.2, 0) is 5.41 Å². The lowest BCUT2D eigenvalue weighted by molar-refractivity contribution is 0.561. The number of nitrogens with zero attached hydrogens (tertiary/aromatic N) is 3. The Labute approximate surface area is 81.2 Å². The van der Waals surface area contributed by atoms with Crippen LogP contribution in [0.5, 0.6) is 0 Å². The molecule has 0 N–H and O–H groups in total. The highest BCUT2D eigenvalue weighted by atomic mass is 28.3. The molecule has 13 heavy (non-hydrogen) atoms. The van der Waals surface area contributed by atoms with E-state index in [1.165, 1.54) is 0 Å². The predicted octanol–water partition coefficient (Wildman–Crippen LogP) is 2.26. The van der Waals surface area contributed by atoms with E-state index in [2.05, 4.69) is 50.6 Å². The second-order valence-corrected chi connectivity index (χ2v) is 10.2. The molecule has 0 saturated heterocycles. The van der Waals surface area contributed by atoms with Crippen LogP contribution in [0.3, 0.4) is 0 Å². The van der Waals surface area contributed by atoms with Gasteiger partial charge in [0.1, 0.15) is 0 Å². The average Bonchev–Trinajstić information content (AvgIpc) is 2.28. The van der Waals surface area contributed by atoms with Crippen LogP contribution < -0.4 is 0 Å². The summed E-state index contributed by atoms with van der Waals surface area (Å²) in [5.74, 6) is 0. The third-order valence-corrected chi connectivity index (χ3v) is 3.28. The SMILES string of the molecule is CC(C)(C)c1cnn([Si](C)(C)C)n1. The third-order valence-electron chi connectivity index (χ3n) is 1.86. The van der Waals surface area contributed by atoms with E-state index < -0.39 is 8.24 Å². The van der Waals surface area contributed by atoms with Gasteiger partial charge in [-0.05, 0) is 19.6 Å². The van der Waals surface area contributed by atoms with Crippen LogP contribution in [0.4, 0.5) is 0 Å². The van der Waals surface area contributed by atoms with E-state index in [1.807, 2.05) is 10.7 Å². The first-order chi connectivity index (χ1) is 5.71. The number of hydrogen-bond acceptors (Lipinski definition) is 2. The lowest BCUT2D eigenvalue weighted by atomic mass is 9.93. The van der Waals surface area contributed by atoms with Gasteiger partial charge in [0.25, 0.3) is 0 Å². The highest BCUT2D eigenvalue weighted by molar-refractivity contribution is 6.73. The van der Waals surface area contributed by atoms with Crippen LogP contribution in [-0.4, -0.2) is 22.9 Å². The fourth-order valence-corrected chi connectivity index (χ4v) is 1.74. The topological polar surface area (TPSA) is 30.7 Å². The van der Waals surface area contributed by atoms with Gasteiger partial charge in [-0.15, -0.1) is 0 Å². The lowest BCUT2D eigenvalue weighted by Crippen LogP contribution is -2.34. The first kappa shape index (κ1) is 10.4. The highest BCUT2D eigenvalue weighted by Gasteiger charge is 2.23. The van der Waals surface area contributed by atoms with Gasteiger partial charge < -0.3 is 0 Å². The highest BCUT2D eigenvalue weighted by Crippen LogP contribution is 2.19. The molecule has 0 aliphatic heterocycles. The van der Waals surface area contributed by atoms with Gasteiger partial charge in [0, 0.05) is 5.41 Å². The molecule has 1 rings (SSSR count). The normalized spacial score (nSPS) is 13.4. The van der Waals surface area contributed by atoms with Crippen molar-refractivity contribution >= 4 is 8.24 Å². The van der Waals surface area contributed by atoms with Gasteiger partial charge in [-0.2, -0.15) is 10.2 Å². The minimum absolute atomic E-state index is 0.109. The number of aromatic nitrogens is 3. The standard InChI is InChI=1S/C9H19N3Si/c1-9(2,3)8-7-10-12(11-8)13(4,5)6/h7H,1-6H3. The maximum Gasteiger partial charge on any atom is 0.202 e. The van der Waals surface area contributed by atoms with E-state index in [9.17, 15) is 0 Å². The molecule has 4 heteroatoms. The summed E-state index contributed by atoms with van der Waals surface area (Å²) in [5.41, 5.74) is 1.19. The van der Waals surface area contributed by atoms with Crippen molar-refractivity contribution in [2.75, 3.05) is 0 Å². The molecule has 0 atom stereocenters. The Balaban J connectivity index is 3.01. The number of rotatable bonds is 1. The zero-order valence-electron chi connectivity index (χ0n) is 9.42. The molecule has 0 aliphatic carbocycles. The maximum atomic E-state index is 4.52. The molecule has 0 bridgehead atoms. The van der Waals surface area contributed by atoms with Gasteiger partial charge >= 0.3 is 0 Å².